The number of para-hydroxylation sites is 1. The molecule has 0 fully saturated rings. The smallest absolute Gasteiger partial charge is 0.314 e. The molecule has 0 spiro atoms. The van der Waals surface area contributed by atoms with Crippen LogP contribution in [0.1, 0.15) is 0 Å². The van der Waals surface area contributed by atoms with Crippen molar-refractivity contribution in [2.45, 2.75) is 0 Å². The molecule has 0 aliphatic heterocycles. The van der Waals surface area contributed by atoms with E-state index in [-0.39, 0.29) is 5.69 Å². The second-order valence-corrected chi connectivity index (χ2v) is 4.95. The minimum Gasteiger partial charge on any atom is -0.318 e. The molecule has 3 aromatic rings. The fourth-order valence-electron chi connectivity index (χ4n) is 2.20. The van der Waals surface area contributed by atoms with Gasteiger partial charge >= 0.3 is 11.8 Å². The van der Waals surface area contributed by atoms with Gasteiger partial charge in [-0.05, 0) is 35.0 Å². The molecule has 0 aliphatic carbocycles. The Balaban J connectivity index is 1.72. The van der Waals surface area contributed by atoms with E-state index in [0.717, 1.165) is 10.8 Å². The second-order valence-electron chi connectivity index (χ2n) is 4.95. The molecule has 0 heterocycles. The molecule has 0 aliphatic rings. The van der Waals surface area contributed by atoms with Gasteiger partial charge in [0.05, 0.1) is 5.69 Å². The van der Waals surface area contributed by atoms with Crippen LogP contribution in [0.5, 0.6) is 0 Å². The minimum absolute atomic E-state index is 0.0360. The van der Waals surface area contributed by atoms with E-state index in [2.05, 4.69) is 10.6 Å². The first kappa shape index (κ1) is 14.7. The van der Waals surface area contributed by atoms with Crippen molar-refractivity contribution in [1.82, 2.24) is 0 Å². The van der Waals surface area contributed by atoms with Crippen LogP contribution in [0, 0.1) is 5.82 Å². The Morgan fingerprint density at radius 2 is 1.39 bits per heavy atom. The molecule has 114 valence electrons. The van der Waals surface area contributed by atoms with Crippen LogP contribution >= 0.6 is 0 Å². The molecule has 0 unspecified atom stereocenters. The van der Waals surface area contributed by atoms with E-state index in [4.69, 9.17) is 0 Å². The van der Waals surface area contributed by atoms with E-state index in [0.29, 0.717) is 5.69 Å². The maximum atomic E-state index is 13.5. The molecule has 0 radical (unpaired) electrons. The maximum Gasteiger partial charge on any atom is 0.314 e. The zero-order valence-electron chi connectivity index (χ0n) is 12.0. The molecule has 0 atom stereocenters. The zero-order chi connectivity index (χ0) is 16.2. The summed E-state index contributed by atoms with van der Waals surface area (Å²) in [6.07, 6.45) is 0. The van der Waals surface area contributed by atoms with E-state index in [1.165, 1.54) is 18.2 Å². The Morgan fingerprint density at radius 1 is 0.739 bits per heavy atom. The van der Waals surface area contributed by atoms with Crippen LogP contribution in [0.15, 0.2) is 66.7 Å². The van der Waals surface area contributed by atoms with Crippen LogP contribution in [-0.2, 0) is 9.59 Å². The zero-order valence-corrected chi connectivity index (χ0v) is 12.0. The van der Waals surface area contributed by atoms with Crippen molar-refractivity contribution in [1.29, 1.82) is 0 Å². The van der Waals surface area contributed by atoms with Crippen LogP contribution in [0.2, 0.25) is 0 Å². The summed E-state index contributed by atoms with van der Waals surface area (Å²) >= 11 is 0. The lowest BCUT2D eigenvalue weighted by atomic mass is 10.1. The molecule has 0 saturated heterocycles. The standard InChI is InChI=1S/C18H13FN2O2/c19-15-7-3-4-8-16(15)21-18(23)17(22)20-14-10-9-12-5-1-2-6-13(12)11-14/h1-11H,(H,20,22)(H,21,23). The van der Waals surface area contributed by atoms with Gasteiger partial charge in [0.2, 0.25) is 0 Å². The Morgan fingerprint density at radius 3 is 2.17 bits per heavy atom. The molecule has 0 bridgehead atoms. The number of carbonyl (C=O) groups is 2. The van der Waals surface area contributed by atoms with Gasteiger partial charge < -0.3 is 10.6 Å². The first-order chi connectivity index (χ1) is 11.1. The third-order valence-electron chi connectivity index (χ3n) is 3.34. The quantitative estimate of drug-likeness (QED) is 0.711. The van der Waals surface area contributed by atoms with Gasteiger partial charge in [0.25, 0.3) is 0 Å². The molecule has 3 aromatic carbocycles. The number of nitrogens with one attached hydrogen (secondary N) is 2. The normalized spacial score (nSPS) is 10.3. The van der Waals surface area contributed by atoms with Crippen molar-refractivity contribution in [3.63, 3.8) is 0 Å². The monoisotopic (exact) mass is 308 g/mol. The maximum absolute atomic E-state index is 13.5. The van der Waals surface area contributed by atoms with Gasteiger partial charge in [0, 0.05) is 5.69 Å². The summed E-state index contributed by atoms with van der Waals surface area (Å²) in [6, 6.07) is 18.6. The third kappa shape index (κ3) is 3.35. The molecular weight excluding hydrogens is 295 g/mol. The molecule has 23 heavy (non-hydrogen) atoms. The molecule has 5 heteroatoms. The number of rotatable bonds is 2. The number of amides is 2. The van der Waals surface area contributed by atoms with Crippen LogP contribution < -0.4 is 10.6 Å². The SMILES string of the molecule is O=C(Nc1ccc2ccccc2c1)C(=O)Nc1ccccc1F. The number of fused-ring (bicyclic) bond motifs is 1. The average molecular weight is 308 g/mol. The first-order valence-corrected chi connectivity index (χ1v) is 6.99. The van der Waals surface area contributed by atoms with Crippen LogP contribution in [-0.4, -0.2) is 11.8 Å². The molecule has 2 N–H and O–H groups in total. The second kappa shape index (κ2) is 6.27. The number of benzene rings is 3. The van der Waals surface area contributed by atoms with Crippen molar-refractivity contribution in [2.75, 3.05) is 10.6 Å². The third-order valence-corrected chi connectivity index (χ3v) is 3.34. The molecule has 2 amide bonds. The van der Waals surface area contributed by atoms with Crippen molar-refractivity contribution in [3.05, 3.63) is 72.5 Å². The summed E-state index contributed by atoms with van der Waals surface area (Å²) in [4.78, 5) is 23.8. The van der Waals surface area contributed by atoms with E-state index in [1.807, 2.05) is 30.3 Å². The molecule has 0 saturated carbocycles. The number of carbonyl (C=O) groups excluding carboxylic acids is 2. The molecule has 3 rings (SSSR count). The predicted molar refractivity (Wildman–Crippen MR) is 87.6 cm³/mol. The molecule has 4 nitrogen and oxygen atoms in total. The molecular formula is C18H13FN2O2. The number of anilines is 2. The lowest BCUT2D eigenvalue weighted by Crippen LogP contribution is -2.29. The fourth-order valence-corrected chi connectivity index (χ4v) is 2.20. The lowest BCUT2D eigenvalue weighted by Gasteiger charge is -2.08. The van der Waals surface area contributed by atoms with Crippen LogP contribution in [0.3, 0.4) is 0 Å². The van der Waals surface area contributed by atoms with Crippen molar-refractivity contribution in [3.8, 4) is 0 Å². The first-order valence-electron chi connectivity index (χ1n) is 6.99. The Bertz CT molecular complexity index is 893. The van der Waals surface area contributed by atoms with Gasteiger partial charge in [-0.3, -0.25) is 9.59 Å². The Kier molecular flexibility index (Phi) is 4.01. The highest BCUT2D eigenvalue weighted by Crippen LogP contribution is 2.19. The fraction of sp³-hybridized carbons (Fsp3) is 0. The summed E-state index contributed by atoms with van der Waals surface area (Å²) in [5, 5.41) is 6.71. The van der Waals surface area contributed by atoms with Crippen molar-refractivity contribution < 1.29 is 14.0 Å². The van der Waals surface area contributed by atoms with E-state index in [9.17, 15) is 14.0 Å². The highest BCUT2D eigenvalue weighted by atomic mass is 19.1. The summed E-state index contributed by atoms with van der Waals surface area (Å²) in [7, 11) is 0. The van der Waals surface area contributed by atoms with Gasteiger partial charge in [-0.2, -0.15) is 0 Å². The van der Waals surface area contributed by atoms with Gasteiger partial charge in [0.1, 0.15) is 5.82 Å². The van der Waals surface area contributed by atoms with Crippen molar-refractivity contribution >= 4 is 34.0 Å². The van der Waals surface area contributed by atoms with Crippen molar-refractivity contribution in [2.24, 2.45) is 0 Å². The van der Waals surface area contributed by atoms with E-state index < -0.39 is 17.6 Å². The van der Waals surface area contributed by atoms with E-state index in [1.54, 1.807) is 18.2 Å². The van der Waals surface area contributed by atoms with Gasteiger partial charge in [-0.15, -0.1) is 0 Å². The number of hydrogen-bond donors (Lipinski definition) is 2. The lowest BCUT2D eigenvalue weighted by molar-refractivity contribution is -0.133. The highest BCUT2D eigenvalue weighted by Gasteiger charge is 2.15. The van der Waals surface area contributed by atoms with Gasteiger partial charge in [-0.25, -0.2) is 4.39 Å². The van der Waals surface area contributed by atoms with E-state index >= 15 is 0 Å². The summed E-state index contributed by atoms with van der Waals surface area (Å²) in [6.45, 7) is 0. The van der Waals surface area contributed by atoms with Crippen LogP contribution in [0.4, 0.5) is 15.8 Å². The minimum atomic E-state index is -0.928. The summed E-state index contributed by atoms with van der Waals surface area (Å²) in [5.74, 6) is -2.38. The topological polar surface area (TPSA) is 58.2 Å². The predicted octanol–water partition coefficient (Wildman–Crippen LogP) is 3.56. The Hall–Kier alpha value is -3.21. The summed E-state index contributed by atoms with van der Waals surface area (Å²) in [5.41, 5.74) is 0.462. The highest BCUT2D eigenvalue weighted by molar-refractivity contribution is 6.43. The Labute approximate surface area is 131 Å². The average Bonchev–Trinajstić information content (AvgIpc) is 2.56. The molecule has 0 aromatic heterocycles. The summed E-state index contributed by atoms with van der Waals surface area (Å²) < 4.78 is 13.5. The van der Waals surface area contributed by atoms with Gasteiger partial charge in [-0.1, -0.05) is 42.5 Å². The number of halogens is 1. The van der Waals surface area contributed by atoms with Gasteiger partial charge in [0.15, 0.2) is 0 Å². The largest absolute Gasteiger partial charge is 0.318 e. The number of hydrogen-bond acceptors (Lipinski definition) is 2. The van der Waals surface area contributed by atoms with Crippen LogP contribution in [0.25, 0.3) is 10.8 Å².